The van der Waals surface area contributed by atoms with Crippen LogP contribution in [0.3, 0.4) is 0 Å². The third-order valence-electron chi connectivity index (χ3n) is 5.56. The third kappa shape index (κ3) is 2.11. The van der Waals surface area contributed by atoms with E-state index in [1.165, 1.54) is 47.9 Å². The molecule has 6 rings (SSSR count). The fourth-order valence-corrected chi connectivity index (χ4v) is 7.05. The Bertz CT molecular complexity index is 1360. The van der Waals surface area contributed by atoms with E-state index in [9.17, 15) is 0 Å². The fourth-order valence-electron chi connectivity index (χ4n) is 4.40. The summed E-state index contributed by atoms with van der Waals surface area (Å²) in [6.45, 7) is 0. The summed E-state index contributed by atoms with van der Waals surface area (Å²) in [6, 6.07) is 37.9. The average Bonchev–Trinajstić information content (AvgIpc) is 3.09. The van der Waals surface area contributed by atoms with Crippen LogP contribution < -0.4 is 0 Å². The average molecular weight is 360 g/mol. The predicted octanol–water partition coefficient (Wildman–Crippen LogP) is 8.28. The Labute approximate surface area is 158 Å². The molecule has 126 valence electrons. The molecule has 1 heteroatoms. The molecule has 0 radical (unpaired) electrons. The molecular weight excluding hydrogens is 343 g/mol. The predicted molar refractivity (Wildman–Crippen MR) is 121 cm³/mol. The largest absolute Gasteiger partial charge is 0.0772 e. The Morgan fingerprint density at radius 3 is 1.44 bits per heavy atom. The van der Waals surface area contributed by atoms with Crippen LogP contribution in [0, 0.1) is 0 Å². The Morgan fingerprint density at radius 1 is 0.407 bits per heavy atom. The Morgan fingerprint density at radius 2 is 0.889 bits per heavy atom. The number of rotatable bonds is 1. The lowest BCUT2D eigenvalue weighted by Gasteiger charge is -2.04. The monoisotopic (exact) mass is 360 g/mol. The number of fused-ring (bicyclic) bond motifs is 7. The molecule has 0 aliphatic heterocycles. The first-order chi connectivity index (χ1) is 13.4. The van der Waals surface area contributed by atoms with Gasteiger partial charge < -0.3 is 0 Å². The molecule has 0 nitrogen and oxygen atoms in total. The van der Waals surface area contributed by atoms with Gasteiger partial charge in [0.1, 0.15) is 0 Å². The van der Waals surface area contributed by atoms with Gasteiger partial charge in [-0.3, -0.25) is 0 Å². The van der Waals surface area contributed by atoms with E-state index >= 15 is 0 Å². The number of hydrogen-bond donors (Lipinski definition) is 0. The van der Waals surface area contributed by atoms with Crippen LogP contribution in [0.5, 0.6) is 0 Å². The van der Waals surface area contributed by atoms with E-state index in [0.29, 0.717) is 0 Å². The molecule has 0 atom stereocenters. The van der Waals surface area contributed by atoms with E-state index < -0.39 is 7.53 Å². The standard InChI is InChI=1S/C26H17P/c1-2-10-20(11-3-1)27-23-16-14-18-8-4-6-12-21(18)25(23)26-22-13-7-5-9-19(22)15-17-24(26)27/h1-17H. The summed E-state index contributed by atoms with van der Waals surface area (Å²) in [5.74, 6) is 0. The Balaban J connectivity index is 1.96. The molecule has 0 spiro atoms. The second-order valence-electron chi connectivity index (χ2n) is 7.03. The third-order valence-corrected chi connectivity index (χ3v) is 8.08. The van der Waals surface area contributed by atoms with Crippen molar-refractivity contribution in [1.29, 1.82) is 0 Å². The van der Waals surface area contributed by atoms with E-state index in [1.807, 2.05) is 0 Å². The van der Waals surface area contributed by atoms with Crippen molar-refractivity contribution >= 4 is 50.1 Å². The normalized spacial score (nSPS) is 11.7. The topological polar surface area (TPSA) is 0 Å². The highest BCUT2D eigenvalue weighted by molar-refractivity contribution is 7.68. The Hall–Kier alpha value is -3.08. The van der Waals surface area contributed by atoms with Gasteiger partial charge in [0.15, 0.2) is 0 Å². The van der Waals surface area contributed by atoms with Gasteiger partial charge in [-0.1, -0.05) is 98.5 Å². The lowest BCUT2D eigenvalue weighted by atomic mass is 10.00. The van der Waals surface area contributed by atoms with E-state index in [0.717, 1.165) is 0 Å². The van der Waals surface area contributed by atoms with Crippen molar-refractivity contribution < 1.29 is 0 Å². The number of hydrogen-bond acceptors (Lipinski definition) is 0. The van der Waals surface area contributed by atoms with Gasteiger partial charge in [0.25, 0.3) is 0 Å². The van der Waals surface area contributed by atoms with Crippen LogP contribution in [0.4, 0.5) is 0 Å². The summed E-state index contributed by atoms with van der Waals surface area (Å²) < 4.78 is 0. The van der Waals surface area contributed by atoms with Crippen LogP contribution in [0.2, 0.25) is 0 Å². The molecule has 6 aromatic rings. The summed E-state index contributed by atoms with van der Waals surface area (Å²) in [5.41, 5.74) is 0. The molecule has 0 aliphatic rings. The lowest BCUT2D eigenvalue weighted by molar-refractivity contribution is 1.76. The van der Waals surface area contributed by atoms with Gasteiger partial charge in [0.2, 0.25) is 0 Å². The van der Waals surface area contributed by atoms with E-state index in [1.54, 1.807) is 0 Å². The smallest absolute Gasteiger partial charge is 0.00750 e. The van der Waals surface area contributed by atoms with Crippen molar-refractivity contribution in [2.24, 2.45) is 0 Å². The molecule has 0 unspecified atom stereocenters. The molecule has 0 fully saturated rings. The van der Waals surface area contributed by atoms with Gasteiger partial charge in [-0.2, -0.15) is 0 Å². The highest BCUT2D eigenvalue weighted by atomic mass is 31.1. The molecule has 0 bridgehead atoms. The minimum Gasteiger partial charge on any atom is -0.0772 e. The quantitative estimate of drug-likeness (QED) is 0.277. The maximum atomic E-state index is 2.37. The second kappa shape index (κ2) is 5.71. The molecular formula is C26H17P. The molecule has 0 aliphatic carbocycles. The van der Waals surface area contributed by atoms with Crippen molar-refractivity contribution in [3.8, 4) is 5.30 Å². The van der Waals surface area contributed by atoms with Crippen molar-refractivity contribution in [3.63, 3.8) is 0 Å². The maximum Gasteiger partial charge on any atom is 0.00750 e. The van der Waals surface area contributed by atoms with E-state index in [4.69, 9.17) is 0 Å². The molecule has 0 saturated heterocycles. The van der Waals surface area contributed by atoms with Crippen LogP contribution in [-0.2, 0) is 0 Å². The SMILES string of the molecule is c1ccc(-p2c3ccc4ccccc4c3c3c4ccccc4ccc32)cc1. The van der Waals surface area contributed by atoms with Crippen LogP contribution in [0.1, 0.15) is 0 Å². The van der Waals surface area contributed by atoms with Crippen molar-refractivity contribution in [1.82, 2.24) is 0 Å². The zero-order valence-electron chi connectivity index (χ0n) is 14.8. The van der Waals surface area contributed by atoms with Gasteiger partial charge in [0, 0.05) is 21.0 Å². The van der Waals surface area contributed by atoms with Gasteiger partial charge in [-0.05, 0) is 39.0 Å². The summed E-state index contributed by atoms with van der Waals surface area (Å²) in [5, 5.41) is 12.7. The van der Waals surface area contributed by atoms with Crippen molar-refractivity contribution in [2.75, 3.05) is 0 Å². The maximum absolute atomic E-state index is 2.37. The van der Waals surface area contributed by atoms with Crippen molar-refractivity contribution in [2.45, 2.75) is 0 Å². The highest BCUT2D eigenvalue weighted by Crippen LogP contribution is 2.57. The summed E-state index contributed by atoms with van der Waals surface area (Å²) in [7, 11) is -0.518. The summed E-state index contributed by atoms with van der Waals surface area (Å²) in [4.78, 5) is 0. The molecule has 0 N–H and O–H groups in total. The van der Waals surface area contributed by atoms with Crippen LogP contribution >= 0.6 is 7.53 Å². The lowest BCUT2D eigenvalue weighted by Crippen LogP contribution is -1.76. The first-order valence-corrected chi connectivity index (χ1v) is 10.6. The van der Waals surface area contributed by atoms with Crippen LogP contribution in [0.25, 0.3) is 47.9 Å². The molecule has 1 aromatic heterocycles. The van der Waals surface area contributed by atoms with Crippen LogP contribution in [-0.4, -0.2) is 0 Å². The molecule has 1 heterocycles. The highest BCUT2D eigenvalue weighted by Gasteiger charge is 2.17. The number of benzene rings is 5. The fraction of sp³-hybridized carbons (Fsp3) is 0. The summed E-state index contributed by atoms with van der Waals surface area (Å²) in [6.07, 6.45) is 0. The summed E-state index contributed by atoms with van der Waals surface area (Å²) >= 11 is 0. The molecule has 27 heavy (non-hydrogen) atoms. The minimum absolute atomic E-state index is 0.518. The van der Waals surface area contributed by atoms with Gasteiger partial charge >= 0.3 is 0 Å². The van der Waals surface area contributed by atoms with E-state index in [-0.39, 0.29) is 0 Å². The molecule has 0 saturated carbocycles. The van der Waals surface area contributed by atoms with Crippen LogP contribution in [0.15, 0.2) is 103 Å². The van der Waals surface area contributed by atoms with Crippen molar-refractivity contribution in [3.05, 3.63) is 103 Å². The van der Waals surface area contributed by atoms with Gasteiger partial charge in [-0.25, -0.2) is 0 Å². The zero-order valence-corrected chi connectivity index (χ0v) is 15.7. The Kier molecular flexibility index (Phi) is 3.18. The van der Waals surface area contributed by atoms with Gasteiger partial charge in [-0.15, -0.1) is 0 Å². The molecule has 0 amide bonds. The first-order valence-electron chi connectivity index (χ1n) is 9.31. The molecule has 5 aromatic carbocycles. The van der Waals surface area contributed by atoms with Gasteiger partial charge in [0.05, 0.1) is 0 Å². The first kappa shape index (κ1) is 15.0. The minimum atomic E-state index is -0.518. The zero-order chi connectivity index (χ0) is 17.8. The van der Waals surface area contributed by atoms with E-state index in [2.05, 4.69) is 103 Å². The second-order valence-corrected chi connectivity index (χ2v) is 9.18.